The number of aromatic nitrogens is 1. The van der Waals surface area contributed by atoms with E-state index in [-0.39, 0.29) is 5.75 Å². The van der Waals surface area contributed by atoms with E-state index in [1.165, 1.54) is 11.3 Å². The van der Waals surface area contributed by atoms with Crippen molar-refractivity contribution in [1.82, 2.24) is 4.98 Å². The van der Waals surface area contributed by atoms with E-state index >= 15 is 0 Å². The quantitative estimate of drug-likeness (QED) is 0.657. The van der Waals surface area contributed by atoms with Gasteiger partial charge >= 0.3 is 0 Å². The molecule has 0 aliphatic rings. The van der Waals surface area contributed by atoms with Gasteiger partial charge in [-0.15, -0.1) is 11.3 Å². The molecule has 3 nitrogen and oxygen atoms in total. The Morgan fingerprint density at radius 3 is 2.57 bits per heavy atom. The van der Waals surface area contributed by atoms with Crippen LogP contribution >= 0.6 is 34.5 Å². The maximum Gasteiger partial charge on any atom is 0.187 e. The van der Waals surface area contributed by atoms with Crippen molar-refractivity contribution in [2.75, 3.05) is 5.32 Å². The number of rotatable bonds is 3. The summed E-state index contributed by atoms with van der Waals surface area (Å²) in [5, 5.41) is 16.3. The maximum absolute atomic E-state index is 9.30. The van der Waals surface area contributed by atoms with Crippen molar-refractivity contribution in [3.05, 3.63) is 57.9 Å². The van der Waals surface area contributed by atoms with Gasteiger partial charge in [0.25, 0.3) is 0 Å². The number of nitrogens with one attached hydrogen (secondary N) is 1. The minimum atomic E-state index is 0.234. The third kappa shape index (κ3) is 3.29. The van der Waals surface area contributed by atoms with Crippen LogP contribution < -0.4 is 5.32 Å². The zero-order valence-corrected chi connectivity index (χ0v) is 13.0. The Morgan fingerprint density at radius 1 is 1.05 bits per heavy atom. The summed E-state index contributed by atoms with van der Waals surface area (Å²) in [6, 6.07) is 12.1. The highest BCUT2D eigenvalue weighted by molar-refractivity contribution is 7.14. The second-order valence-corrected chi connectivity index (χ2v) is 6.04. The molecule has 0 saturated heterocycles. The molecule has 21 heavy (non-hydrogen) atoms. The van der Waals surface area contributed by atoms with Gasteiger partial charge in [-0.2, -0.15) is 0 Å². The van der Waals surface area contributed by atoms with E-state index < -0.39 is 0 Å². The molecule has 0 amide bonds. The first-order chi connectivity index (χ1) is 10.1. The molecule has 1 aromatic heterocycles. The summed E-state index contributed by atoms with van der Waals surface area (Å²) in [6.45, 7) is 0. The van der Waals surface area contributed by atoms with E-state index in [1.807, 2.05) is 17.5 Å². The van der Waals surface area contributed by atoms with Gasteiger partial charge in [0.15, 0.2) is 5.13 Å². The molecule has 0 saturated carbocycles. The SMILES string of the molecule is Oc1ccc(-c2csc(Nc3cc(Cl)ccc3Cl)n2)cc1. The molecule has 0 bridgehead atoms. The largest absolute Gasteiger partial charge is 0.508 e. The number of hydrogen-bond acceptors (Lipinski definition) is 4. The highest BCUT2D eigenvalue weighted by Gasteiger charge is 2.07. The predicted molar refractivity (Wildman–Crippen MR) is 89.0 cm³/mol. The molecule has 2 aromatic carbocycles. The lowest BCUT2D eigenvalue weighted by atomic mass is 10.2. The number of anilines is 2. The van der Waals surface area contributed by atoms with Crippen LogP contribution in [0, 0.1) is 0 Å². The molecule has 0 unspecified atom stereocenters. The van der Waals surface area contributed by atoms with Crippen LogP contribution in [-0.4, -0.2) is 10.1 Å². The Balaban J connectivity index is 1.85. The van der Waals surface area contributed by atoms with Crippen LogP contribution in [0.4, 0.5) is 10.8 Å². The molecule has 0 aliphatic carbocycles. The molecule has 1 heterocycles. The van der Waals surface area contributed by atoms with Gasteiger partial charge in [0.05, 0.1) is 16.4 Å². The molecule has 0 atom stereocenters. The molecule has 3 rings (SSSR count). The third-order valence-electron chi connectivity index (χ3n) is 2.84. The van der Waals surface area contributed by atoms with E-state index in [1.54, 1.807) is 30.3 Å². The van der Waals surface area contributed by atoms with Gasteiger partial charge in [-0.1, -0.05) is 23.2 Å². The number of benzene rings is 2. The van der Waals surface area contributed by atoms with Crippen LogP contribution in [0.25, 0.3) is 11.3 Å². The summed E-state index contributed by atoms with van der Waals surface area (Å²) in [7, 11) is 0. The molecular formula is C15H10Cl2N2OS. The topological polar surface area (TPSA) is 45.1 Å². The molecule has 0 aliphatic heterocycles. The summed E-state index contributed by atoms with van der Waals surface area (Å²) in [6.07, 6.45) is 0. The first-order valence-electron chi connectivity index (χ1n) is 6.09. The lowest BCUT2D eigenvalue weighted by Crippen LogP contribution is -1.90. The van der Waals surface area contributed by atoms with Crippen LogP contribution in [0.15, 0.2) is 47.8 Å². The van der Waals surface area contributed by atoms with Gasteiger partial charge in [0.2, 0.25) is 0 Å². The monoisotopic (exact) mass is 336 g/mol. The minimum absolute atomic E-state index is 0.234. The van der Waals surface area contributed by atoms with Crippen LogP contribution in [-0.2, 0) is 0 Å². The van der Waals surface area contributed by atoms with Gasteiger partial charge in [-0.3, -0.25) is 0 Å². The summed E-state index contributed by atoms with van der Waals surface area (Å²) in [5.41, 5.74) is 2.49. The lowest BCUT2D eigenvalue weighted by Gasteiger charge is -2.05. The molecule has 0 radical (unpaired) electrons. The Hall–Kier alpha value is -1.75. The zero-order valence-electron chi connectivity index (χ0n) is 10.7. The van der Waals surface area contributed by atoms with E-state index in [4.69, 9.17) is 23.2 Å². The van der Waals surface area contributed by atoms with Gasteiger partial charge in [-0.05, 0) is 42.5 Å². The van der Waals surface area contributed by atoms with Crippen molar-refractivity contribution in [3.63, 3.8) is 0 Å². The van der Waals surface area contributed by atoms with Gasteiger partial charge < -0.3 is 10.4 Å². The number of phenols is 1. The van der Waals surface area contributed by atoms with Crippen LogP contribution in [0.2, 0.25) is 10.0 Å². The Kier molecular flexibility index (Phi) is 4.01. The third-order valence-corrected chi connectivity index (χ3v) is 4.16. The molecular weight excluding hydrogens is 327 g/mol. The number of aromatic hydroxyl groups is 1. The number of nitrogens with zero attached hydrogens (tertiary/aromatic N) is 1. The van der Waals surface area contributed by atoms with Crippen molar-refractivity contribution in [3.8, 4) is 17.0 Å². The van der Waals surface area contributed by atoms with Gasteiger partial charge in [0, 0.05) is 16.0 Å². The average Bonchev–Trinajstić information content (AvgIpc) is 2.92. The van der Waals surface area contributed by atoms with Crippen molar-refractivity contribution < 1.29 is 5.11 Å². The smallest absolute Gasteiger partial charge is 0.187 e. The Morgan fingerprint density at radius 2 is 1.81 bits per heavy atom. The summed E-state index contributed by atoms with van der Waals surface area (Å²) in [4.78, 5) is 4.50. The minimum Gasteiger partial charge on any atom is -0.508 e. The number of hydrogen-bond donors (Lipinski definition) is 2. The second-order valence-electron chi connectivity index (χ2n) is 4.33. The second kappa shape index (κ2) is 5.93. The molecule has 6 heteroatoms. The highest BCUT2D eigenvalue weighted by Crippen LogP contribution is 2.32. The van der Waals surface area contributed by atoms with Crippen molar-refractivity contribution in [1.29, 1.82) is 0 Å². The van der Waals surface area contributed by atoms with Crippen LogP contribution in [0.5, 0.6) is 5.75 Å². The number of halogens is 2. The molecule has 0 spiro atoms. The normalized spacial score (nSPS) is 10.6. The fraction of sp³-hybridized carbons (Fsp3) is 0. The van der Waals surface area contributed by atoms with Crippen molar-refractivity contribution in [2.45, 2.75) is 0 Å². The maximum atomic E-state index is 9.30. The fourth-order valence-electron chi connectivity index (χ4n) is 1.80. The molecule has 3 aromatic rings. The predicted octanol–water partition coefficient (Wildman–Crippen LogP) is 5.57. The number of phenolic OH excluding ortho intramolecular Hbond substituents is 1. The lowest BCUT2D eigenvalue weighted by molar-refractivity contribution is 0.475. The molecule has 2 N–H and O–H groups in total. The summed E-state index contributed by atoms with van der Waals surface area (Å²) >= 11 is 13.5. The van der Waals surface area contributed by atoms with Crippen molar-refractivity contribution in [2.24, 2.45) is 0 Å². The van der Waals surface area contributed by atoms with Gasteiger partial charge in [-0.25, -0.2) is 4.98 Å². The van der Waals surface area contributed by atoms with E-state index in [0.29, 0.717) is 10.0 Å². The van der Waals surface area contributed by atoms with E-state index in [9.17, 15) is 5.11 Å². The van der Waals surface area contributed by atoms with E-state index in [0.717, 1.165) is 22.1 Å². The summed E-state index contributed by atoms with van der Waals surface area (Å²) in [5.74, 6) is 0.234. The fourth-order valence-corrected chi connectivity index (χ4v) is 2.87. The van der Waals surface area contributed by atoms with Crippen LogP contribution in [0.1, 0.15) is 0 Å². The van der Waals surface area contributed by atoms with Crippen LogP contribution in [0.3, 0.4) is 0 Å². The first kappa shape index (κ1) is 14.2. The summed E-state index contributed by atoms with van der Waals surface area (Å²) < 4.78 is 0. The first-order valence-corrected chi connectivity index (χ1v) is 7.72. The zero-order chi connectivity index (χ0) is 14.8. The number of thiazole rings is 1. The molecule has 106 valence electrons. The highest BCUT2D eigenvalue weighted by atomic mass is 35.5. The Bertz CT molecular complexity index is 772. The average molecular weight is 337 g/mol. The Labute approximate surface area is 135 Å². The standard InChI is InChI=1S/C15H10Cl2N2OS/c16-10-3-6-12(17)13(7-10)18-15-19-14(8-21-15)9-1-4-11(20)5-2-9/h1-8,20H,(H,18,19). The van der Waals surface area contributed by atoms with E-state index in [2.05, 4.69) is 10.3 Å². The molecule has 0 fully saturated rings. The van der Waals surface area contributed by atoms with Gasteiger partial charge in [0.1, 0.15) is 5.75 Å². The van der Waals surface area contributed by atoms with Crippen molar-refractivity contribution >= 4 is 45.4 Å².